The van der Waals surface area contributed by atoms with Crippen molar-refractivity contribution in [3.63, 3.8) is 0 Å². The van der Waals surface area contributed by atoms with Gasteiger partial charge in [0, 0.05) is 21.3 Å². The first kappa shape index (κ1) is 15.4. The number of carbonyl (C=O) groups is 1. The number of halogens is 1. The van der Waals surface area contributed by atoms with Crippen LogP contribution in [0.25, 0.3) is 0 Å². The van der Waals surface area contributed by atoms with Crippen LogP contribution in [0.2, 0.25) is 0 Å². The second-order valence-electron chi connectivity index (χ2n) is 4.67. The first-order valence-corrected chi connectivity index (χ1v) is 7.31. The van der Waals surface area contributed by atoms with Crippen LogP contribution in [0.5, 0.6) is 5.75 Å². The number of anilines is 1. The average molecular weight is 349 g/mol. The highest BCUT2D eigenvalue weighted by atomic mass is 79.9. The van der Waals surface area contributed by atoms with E-state index in [-0.39, 0.29) is 11.9 Å². The quantitative estimate of drug-likeness (QED) is 0.830. The van der Waals surface area contributed by atoms with Crippen LogP contribution in [0.4, 0.5) is 5.69 Å². The Kier molecular flexibility index (Phi) is 4.85. The number of nitrogen functional groups attached to an aromatic ring is 1. The molecule has 1 amide bonds. The number of ether oxygens (including phenoxy) is 1. The summed E-state index contributed by atoms with van der Waals surface area (Å²) >= 11 is 3.31. The molecule has 0 fully saturated rings. The topological polar surface area (TPSA) is 64.3 Å². The molecule has 0 heterocycles. The van der Waals surface area contributed by atoms with Gasteiger partial charge in [0.1, 0.15) is 5.75 Å². The maximum absolute atomic E-state index is 12.3. The van der Waals surface area contributed by atoms with E-state index in [0.717, 1.165) is 15.8 Å². The van der Waals surface area contributed by atoms with Crippen LogP contribution >= 0.6 is 15.9 Å². The largest absolute Gasteiger partial charge is 0.496 e. The van der Waals surface area contributed by atoms with Gasteiger partial charge in [0.05, 0.1) is 13.2 Å². The molecular weight excluding hydrogens is 332 g/mol. The summed E-state index contributed by atoms with van der Waals surface area (Å²) in [6, 6.07) is 12.6. The maximum atomic E-state index is 12.3. The molecule has 0 aliphatic rings. The number of methoxy groups -OCH3 is 1. The first-order valence-electron chi connectivity index (χ1n) is 6.51. The van der Waals surface area contributed by atoms with E-state index in [0.29, 0.717) is 11.3 Å². The predicted molar refractivity (Wildman–Crippen MR) is 87.4 cm³/mol. The number of rotatable bonds is 4. The molecule has 0 saturated carbocycles. The van der Waals surface area contributed by atoms with Crippen LogP contribution in [0.15, 0.2) is 46.9 Å². The van der Waals surface area contributed by atoms with Gasteiger partial charge in [0.25, 0.3) is 5.91 Å². The summed E-state index contributed by atoms with van der Waals surface area (Å²) in [5, 5.41) is 2.94. The Labute approximate surface area is 132 Å². The number of benzene rings is 2. The van der Waals surface area contributed by atoms with Crippen molar-refractivity contribution in [2.24, 2.45) is 0 Å². The molecule has 3 N–H and O–H groups in total. The van der Waals surface area contributed by atoms with E-state index in [1.165, 1.54) is 0 Å². The summed E-state index contributed by atoms with van der Waals surface area (Å²) in [5.74, 6) is 0.577. The Morgan fingerprint density at radius 1 is 1.29 bits per heavy atom. The summed E-state index contributed by atoms with van der Waals surface area (Å²) in [7, 11) is 1.61. The fraction of sp³-hybridized carbons (Fsp3) is 0.188. The zero-order valence-corrected chi connectivity index (χ0v) is 13.5. The number of hydrogen-bond donors (Lipinski definition) is 2. The number of nitrogens with one attached hydrogen (secondary N) is 1. The van der Waals surface area contributed by atoms with Crippen molar-refractivity contribution in [1.82, 2.24) is 5.32 Å². The van der Waals surface area contributed by atoms with Gasteiger partial charge in [-0.1, -0.05) is 18.2 Å². The Bertz CT molecular complexity index is 658. The third kappa shape index (κ3) is 3.55. The van der Waals surface area contributed by atoms with Crippen molar-refractivity contribution in [2.45, 2.75) is 13.0 Å². The molecule has 0 aliphatic heterocycles. The van der Waals surface area contributed by atoms with Crippen molar-refractivity contribution in [2.75, 3.05) is 12.8 Å². The van der Waals surface area contributed by atoms with Crippen molar-refractivity contribution in [3.05, 3.63) is 58.1 Å². The summed E-state index contributed by atoms with van der Waals surface area (Å²) in [5.41, 5.74) is 7.79. The number of para-hydroxylation sites is 1. The minimum absolute atomic E-state index is 0.168. The second-order valence-corrected chi connectivity index (χ2v) is 5.53. The molecule has 0 saturated heterocycles. The lowest BCUT2D eigenvalue weighted by molar-refractivity contribution is 0.0939. The molecule has 2 rings (SSSR count). The Morgan fingerprint density at radius 3 is 2.67 bits per heavy atom. The van der Waals surface area contributed by atoms with E-state index in [1.807, 2.05) is 31.2 Å². The fourth-order valence-electron chi connectivity index (χ4n) is 2.07. The zero-order chi connectivity index (χ0) is 15.4. The van der Waals surface area contributed by atoms with Gasteiger partial charge in [-0.25, -0.2) is 0 Å². The molecule has 0 unspecified atom stereocenters. The molecular formula is C16H17BrN2O2. The van der Waals surface area contributed by atoms with E-state index in [1.54, 1.807) is 25.3 Å². The second kappa shape index (κ2) is 6.63. The number of nitrogens with two attached hydrogens (primary N) is 1. The minimum Gasteiger partial charge on any atom is -0.496 e. The highest BCUT2D eigenvalue weighted by molar-refractivity contribution is 9.10. The van der Waals surface area contributed by atoms with Gasteiger partial charge in [-0.15, -0.1) is 0 Å². The monoisotopic (exact) mass is 348 g/mol. The van der Waals surface area contributed by atoms with Crippen LogP contribution in [0.1, 0.15) is 28.9 Å². The summed E-state index contributed by atoms with van der Waals surface area (Å²) in [6.07, 6.45) is 0. The normalized spacial score (nSPS) is 11.8. The average Bonchev–Trinajstić information content (AvgIpc) is 2.49. The Morgan fingerprint density at radius 2 is 2.00 bits per heavy atom. The lowest BCUT2D eigenvalue weighted by atomic mass is 10.1. The molecule has 0 aliphatic carbocycles. The molecule has 0 radical (unpaired) electrons. The smallest absolute Gasteiger partial charge is 0.251 e. The lowest BCUT2D eigenvalue weighted by Gasteiger charge is -2.17. The molecule has 4 nitrogen and oxygen atoms in total. The van der Waals surface area contributed by atoms with Crippen LogP contribution in [0.3, 0.4) is 0 Å². The summed E-state index contributed by atoms with van der Waals surface area (Å²) in [4.78, 5) is 12.3. The third-order valence-electron chi connectivity index (χ3n) is 3.21. The molecule has 21 heavy (non-hydrogen) atoms. The van der Waals surface area contributed by atoms with Gasteiger partial charge >= 0.3 is 0 Å². The van der Waals surface area contributed by atoms with E-state index in [4.69, 9.17) is 10.5 Å². The van der Waals surface area contributed by atoms with Gasteiger partial charge in [-0.3, -0.25) is 4.79 Å². The Hall–Kier alpha value is -2.01. The fourth-order valence-corrected chi connectivity index (χ4v) is 2.31. The van der Waals surface area contributed by atoms with E-state index in [9.17, 15) is 4.79 Å². The van der Waals surface area contributed by atoms with Crippen molar-refractivity contribution in [3.8, 4) is 5.75 Å². The van der Waals surface area contributed by atoms with Crippen LogP contribution in [-0.4, -0.2) is 13.0 Å². The molecule has 0 aromatic heterocycles. The van der Waals surface area contributed by atoms with Gasteiger partial charge in [-0.2, -0.15) is 0 Å². The van der Waals surface area contributed by atoms with E-state index >= 15 is 0 Å². The highest BCUT2D eigenvalue weighted by Gasteiger charge is 2.15. The van der Waals surface area contributed by atoms with Gasteiger partial charge in [0.2, 0.25) is 0 Å². The van der Waals surface area contributed by atoms with Crippen LogP contribution in [0, 0.1) is 0 Å². The molecule has 2 aromatic carbocycles. The molecule has 5 heteroatoms. The SMILES string of the molecule is COc1ccccc1[C@@H](C)NC(=O)c1ccc(Br)c(N)c1. The lowest BCUT2D eigenvalue weighted by Crippen LogP contribution is -2.27. The van der Waals surface area contributed by atoms with Crippen molar-refractivity contribution in [1.29, 1.82) is 0 Å². The molecule has 2 aromatic rings. The van der Waals surface area contributed by atoms with E-state index < -0.39 is 0 Å². The number of carbonyl (C=O) groups excluding carboxylic acids is 1. The summed E-state index contributed by atoms with van der Waals surface area (Å²) in [6.45, 7) is 1.91. The first-order chi connectivity index (χ1) is 10.0. The number of hydrogen-bond acceptors (Lipinski definition) is 3. The predicted octanol–water partition coefficient (Wildman–Crippen LogP) is 3.53. The number of amides is 1. The highest BCUT2D eigenvalue weighted by Crippen LogP contribution is 2.25. The maximum Gasteiger partial charge on any atom is 0.251 e. The van der Waals surface area contributed by atoms with Crippen molar-refractivity contribution < 1.29 is 9.53 Å². The summed E-state index contributed by atoms with van der Waals surface area (Å²) < 4.78 is 6.09. The zero-order valence-electron chi connectivity index (χ0n) is 11.9. The third-order valence-corrected chi connectivity index (χ3v) is 3.93. The Balaban J connectivity index is 2.16. The van der Waals surface area contributed by atoms with Crippen LogP contribution in [-0.2, 0) is 0 Å². The molecule has 1 atom stereocenters. The molecule has 0 bridgehead atoms. The van der Waals surface area contributed by atoms with Gasteiger partial charge in [-0.05, 0) is 47.1 Å². The molecule has 0 spiro atoms. The van der Waals surface area contributed by atoms with Gasteiger partial charge < -0.3 is 15.8 Å². The molecule has 110 valence electrons. The standard InChI is InChI=1S/C16H17BrN2O2/c1-10(12-5-3-4-6-15(12)21-2)19-16(20)11-7-8-13(17)14(18)9-11/h3-10H,18H2,1-2H3,(H,19,20)/t10-/m1/s1. The van der Waals surface area contributed by atoms with Crippen LogP contribution < -0.4 is 15.8 Å². The van der Waals surface area contributed by atoms with Gasteiger partial charge in [0.15, 0.2) is 0 Å². The van der Waals surface area contributed by atoms with Crippen molar-refractivity contribution >= 4 is 27.5 Å². The van der Waals surface area contributed by atoms with E-state index in [2.05, 4.69) is 21.2 Å². The minimum atomic E-state index is -0.174.